The van der Waals surface area contributed by atoms with Gasteiger partial charge in [0.25, 0.3) is 0 Å². The summed E-state index contributed by atoms with van der Waals surface area (Å²) in [5.74, 6) is 1.59. The topological polar surface area (TPSA) is 35.5 Å². The first-order valence-corrected chi connectivity index (χ1v) is 11.7. The van der Waals surface area contributed by atoms with Crippen molar-refractivity contribution >= 4 is 19.4 Å². The molecular formula is C25H36LiO3P. The molecule has 0 radical (unpaired) electrons. The molecule has 3 nitrogen and oxygen atoms in total. The van der Waals surface area contributed by atoms with Crippen LogP contribution in [0.25, 0.3) is 0 Å². The summed E-state index contributed by atoms with van der Waals surface area (Å²) in [6, 6.07) is 8.01. The third-order valence-electron chi connectivity index (χ3n) is 5.31. The van der Waals surface area contributed by atoms with Crippen LogP contribution < -0.4 is 33.6 Å². The average molecular weight is 422 g/mol. The van der Waals surface area contributed by atoms with Crippen molar-refractivity contribution in [2.45, 2.75) is 67.2 Å². The van der Waals surface area contributed by atoms with Crippen molar-refractivity contribution in [3.05, 3.63) is 52.1 Å². The van der Waals surface area contributed by atoms with Crippen LogP contribution in [0.5, 0.6) is 11.5 Å². The van der Waals surface area contributed by atoms with Crippen molar-refractivity contribution in [1.29, 1.82) is 0 Å². The van der Waals surface area contributed by atoms with Gasteiger partial charge in [-0.1, -0.05) is 32.8 Å². The average Bonchev–Trinajstić information content (AvgIpc) is 2.68. The minimum Gasteiger partial charge on any atom is -1.00 e. The maximum absolute atomic E-state index is 13.2. The minimum absolute atomic E-state index is 0. The Morgan fingerprint density at radius 1 is 0.900 bits per heavy atom. The Labute approximate surface area is 197 Å². The molecule has 2 aromatic carbocycles. The van der Waals surface area contributed by atoms with E-state index in [4.69, 9.17) is 9.47 Å². The molecule has 5 heteroatoms. The largest absolute Gasteiger partial charge is 1.00 e. The number of benzene rings is 2. The number of ether oxygens (including phenoxy) is 2. The second-order valence-corrected chi connectivity index (χ2v) is 8.89. The van der Waals surface area contributed by atoms with Crippen LogP contribution in [0.1, 0.15) is 73.6 Å². The number of rotatable bonds is 11. The molecule has 30 heavy (non-hydrogen) atoms. The summed E-state index contributed by atoms with van der Waals surface area (Å²) >= 11 is 0. The molecular weight excluding hydrogens is 386 g/mol. The molecule has 0 aliphatic heterocycles. The van der Waals surface area contributed by atoms with E-state index in [0.29, 0.717) is 13.2 Å². The molecule has 0 aliphatic carbocycles. The zero-order valence-electron chi connectivity index (χ0n) is 20.8. The van der Waals surface area contributed by atoms with Gasteiger partial charge in [-0.15, -0.1) is 0 Å². The number of unbranched alkanes of at least 4 members (excludes halogenated alkanes) is 2. The van der Waals surface area contributed by atoms with Crippen LogP contribution in [-0.2, 0) is 0 Å². The summed E-state index contributed by atoms with van der Waals surface area (Å²) in [4.78, 5) is 13.2. The first-order chi connectivity index (χ1) is 13.9. The molecule has 0 aliphatic rings. The number of hydrogen-bond acceptors (Lipinski definition) is 3. The maximum atomic E-state index is 13.2. The molecule has 2 rings (SSSR count). The molecule has 0 saturated carbocycles. The summed E-state index contributed by atoms with van der Waals surface area (Å²) in [6.45, 7) is 13.9. The maximum Gasteiger partial charge on any atom is 1.00 e. The van der Waals surface area contributed by atoms with Crippen LogP contribution in [0.15, 0.2) is 24.3 Å². The fourth-order valence-corrected chi connectivity index (χ4v) is 4.48. The second kappa shape index (κ2) is 13.2. The van der Waals surface area contributed by atoms with E-state index in [1.54, 1.807) is 0 Å². The molecule has 2 aromatic rings. The van der Waals surface area contributed by atoms with Gasteiger partial charge in [0.05, 0.1) is 13.2 Å². The molecule has 1 atom stereocenters. The van der Waals surface area contributed by atoms with Crippen molar-refractivity contribution in [3.8, 4) is 11.5 Å². The third kappa shape index (κ3) is 7.16. The fraction of sp³-hybridized carbons (Fsp3) is 0.480. The van der Waals surface area contributed by atoms with Gasteiger partial charge in [0.15, 0.2) is 5.52 Å². The van der Waals surface area contributed by atoms with E-state index in [1.807, 2.05) is 25.1 Å². The van der Waals surface area contributed by atoms with Gasteiger partial charge in [-0.25, -0.2) is 0 Å². The van der Waals surface area contributed by atoms with Crippen molar-refractivity contribution in [2.75, 3.05) is 13.2 Å². The van der Waals surface area contributed by atoms with Crippen LogP contribution in [0.2, 0.25) is 0 Å². The molecule has 1 unspecified atom stereocenters. The normalized spacial score (nSPS) is 10.9. The van der Waals surface area contributed by atoms with Gasteiger partial charge in [0.2, 0.25) is 0 Å². The minimum atomic E-state index is 0. The van der Waals surface area contributed by atoms with E-state index in [1.165, 1.54) is 11.1 Å². The van der Waals surface area contributed by atoms with E-state index < -0.39 is 0 Å². The van der Waals surface area contributed by atoms with Gasteiger partial charge < -0.3 is 10.9 Å². The Morgan fingerprint density at radius 2 is 1.53 bits per heavy atom. The first-order valence-electron chi connectivity index (χ1n) is 10.7. The molecule has 0 bridgehead atoms. The van der Waals surface area contributed by atoms with E-state index in [2.05, 4.69) is 40.7 Å². The fourth-order valence-electron chi connectivity index (χ4n) is 3.29. The van der Waals surface area contributed by atoms with Crippen LogP contribution in [-0.4, -0.2) is 18.7 Å². The second-order valence-electron chi connectivity index (χ2n) is 7.65. The zero-order valence-corrected chi connectivity index (χ0v) is 20.8. The molecule has 0 fully saturated rings. The van der Waals surface area contributed by atoms with Gasteiger partial charge in [0.1, 0.15) is 11.5 Å². The Kier molecular flexibility index (Phi) is 11.8. The zero-order chi connectivity index (χ0) is 21.4. The van der Waals surface area contributed by atoms with Gasteiger partial charge >= 0.3 is 18.9 Å². The summed E-state index contributed by atoms with van der Waals surface area (Å²) in [7, 11) is 0.0317. The van der Waals surface area contributed by atoms with Crippen molar-refractivity contribution in [3.63, 3.8) is 0 Å². The molecule has 0 saturated heterocycles. The SMILES string of the molecule is CCCCOc1ccc(PC(=O)c2c(C)cc(C)c(C)c2C)c(OCCCC)c1.[H-].[Li+]. The summed E-state index contributed by atoms with van der Waals surface area (Å²) in [5.41, 5.74) is 5.60. The molecule has 160 valence electrons. The van der Waals surface area contributed by atoms with Crippen LogP contribution in [0.3, 0.4) is 0 Å². The van der Waals surface area contributed by atoms with Crippen molar-refractivity contribution < 1.29 is 34.6 Å². The van der Waals surface area contributed by atoms with Crippen LogP contribution in [0, 0.1) is 27.7 Å². The number of carbonyl (C=O) groups excluding carboxylic acids is 1. The van der Waals surface area contributed by atoms with E-state index >= 15 is 0 Å². The van der Waals surface area contributed by atoms with Crippen LogP contribution in [0.4, 0.5) is 0 Å². The number of carbonyl (C=O) groups is 1. The molecule has 0 amide bonds. The van der Waals surface area contributed by atoms with E-state index in [-0.39, 0.29) is 34.4 Å². The Hall–Kier alpha value is -1.26. The van der Waals surface area contributed by atoms with Gasteiger partial charge in [-0.05, 0) is 83.5 Å². The molecule has 0 spiro atoms. The summed E-state index contributed by atoms with van der Waals surface area (Å²) in [6.07, 6.45) is 4.19. The van der Waals surface area contributed by atoms with Gasteiger partial charge in [-0.2, -0.15) is 0 Å². The molecule has 0 N–H and O–H groups in total. The number of aryl methyl sites for hydroxylation is 2. The Balaban J connectivity index is 0.00000450. The van der Waals surface area contributed by atoms with E-state index in [0.717, 1.165) is 59.2 Å². The Bertz CT molecular complexity index is 855. The van der Waals surface area contributed by atoms with Crippen LogP contribution >= 0.6 is 8.58 Å². The Morgan fingerprint density at radius 3 is 2.17 bits per heavy atom. The van der Waals surface area contributed by atoms with Crippen molar-refractivity contribution in [1.82, 2.24) is 0 Å². The van der Waals surface area contributed by atoms with Gasteiger partial charge in [-0.3, -0.25) is 4.79 Å². The monoisotopic (exact) mass is 422 g/mol. The quantitative estimate of drug-likeness (QED) is 0.316. The predicted molar refractivity (Wildman–Crippen MR) is 126 cm³/mol. The standard InChI is InChI=1S/C25H35O3P.Li.H/c1-7-9-13-27-21-11-12-23(22(16-21)28-14-10-8-2)29-25(26)24-18(4)15-17(3)19(5)20(24)6;;/h11-12,15-16,29H,7-10,13-14H2,1-6H3;;/q;+1;-1. The predicted octanol–water partition coefficient (Wildman–Crippen LogP) is 3.54. The molecule has 0 aromatic heterocycles. The van der Waals surface area contributed by atoms with Crippen molar-refractivity contribution in [2.24, 2.45) is 0 Å². The third-order valence-corrected chi connectivity index (χ3v) is 6.47. The smallest absolute Gasteiger partial charge is 1.00 e. The van der Waals surface area contributed by atoms with E-state index in [9.17, 15) is 4.79 Å². The number of hydrogen-bond donors (Lipinski definition) is 0. The summed E-state index contributed by atoms with van der Waals surface area (Å²) in [5, 5.41) is 0.950. The molecule has 0 heterocycles. The first kappa shape index (κ1) is 26.8. The van der Waals surface area contributed by atoms with Gasteiger partial charge in [0, 0.05) is 16.9 Å². The summed E-state index contributed by atoms with van der Waals surface area (Å²) < 4.78 is 11.9.